The van der Waals surface area contributed by atoms with Crippen molar-refractivity contribution in [2.45, 2.75) is 6.61 Å². The number of para-hydroxylation sites is 1. The molecule has 0 aliphatic carbocycles. The van der Waals surface area contributed by atoms with Gasteiger partial charge in [-0.25, -0.2) is 0 Å². The Bertz CT molecular complexity index is 1210. The number of methoxy groups -OCH3 is 1. The third-order valence-corrected chi connectivity index (χ3v) is 5.47. The van der Waals surface area contributed by atoms with Gasteiger partial charge in [0.1, 0.15) is 18.1 Å². The fraction of sp³-hybridized carbons (Fsp3) is 0.0870. The van der Waals surface area contributed by atoms with Crippen LogP contribution in [0.5, 0.6) is 11.5 Å². The molecule has 0 aliphatic heterocycles. The largest absolute Gasteiger partial charge is 0.496 e. The lowest BCUT2D eigenvalue weighted by Gasteiger charge is -2.13. The molecule has 0 aromatic heterocycles. The normalized spacial score (nSPS) is 10.9. The molecule has 0 bridgehead atoms. The molecule has 0 amide bonds. The van der Waals surface area contributed by atoms with E-state index in [1.54, 1.807) is 30.3 Å². The minimum Gasteiger partial charge on any atom is -0.496 e. The molecule has 0 aliphatic rings. The molecule has 0 N–H and O–H groups in total. The minimum absolute atomic E-state index is 0.0140. The zero-order chi connectivity index (χ0) is 23.3. The summed E-state index contributed by atoms with van der Waals surface area (Å²) in [5, 5.41) is 12.1. The van der Waals surface area contributed by atoms with Crippen molar-refractivity contribution in [3.05, 3.63) is 103 Å². The van der Waals surface area contributed by atoms with Crippen molar-refractivity contribution in [3.63, 3.8) is 0 Å². The van der Waals surface area contributed by atoms with Crippen LogP contribution in [0, 0.1) is 10.1 Å². The van der Waals surface area contributed by atoms with Crippen molar-refractivity contribution >= 4 is 52.3 Å². The van der Waals surface area contributed by atoms with Crippen LogP contribution in [0.15, 0.2) is 60.7 Å². The van der Waals surface area contributed by atoms with Gasteiger partial charge < -0.3 is 9.47 Å². The first kappa shape index (κ1) is 23.6. The van der Waals surface area contributed by atoms with E-state index in [9.17, 15) is 14.9 Å². The van der Waals surface area contributed by atoms with Crippen LogP contribution >= 0.6 is 34.8 Å². The maximum Gasteiger partial charge on any atom is 0.280 e. The molecule has 0 saturated carbocycles. The Morgan fingerprint density at radius 3 is 2.44 bits per heavy atom. The summed E-state index contributed by atoms with van der Waals surface area (Å²) >= 11 is 18.1. The molecule has 0 fully saturated rings. The van der Waals surface area contributed by atoms with E-state index in [1.165, 1.54) is 43.5 Å². The summed E-state index contributed by atoms with van der Waals surface area (Å²) in [6.45, 7) is 0.112. The second kappa shape index (κ2) is 10.5. The summed E-state index contributed by atoms with van der Waals surface area (Å²) in [4.78, 5) is 23.0. The Morgan fingerprint density at radius 2 is 1.72 bits per heavy atom. The van der Waals surface area contributed by atoms with Gasteiger partial charge in [-0.05, 0) is 35.9 Å². The van der Waals surface area contributed by atoms with Crippen molar-refractivity contribution in [2.75, 3.05) is 7.11 Å². The number of nitro groups is 1. The van der Waals surface area contributed by atoms with Crippen LogP contribution in [-0.4, -0.2) is 17.8 Å². The molecule has 32 heavy (non-hydrogen) atoms. The van der Waals surface area contributed by atoms with E-state index in [0.717, 1.165) is 0 Å². The first-order valence-corrected chi connectivity index (χ1v) is 10.3. The summed E-state index contributed by atoms with van der Waals surface area (Å²) in [7, 11) is 1.53. The molecule has 3 rings (SSSR count). The second-order valence-electron chi connectivity index (χ2n) is 6.53. The number of hydrogen-bond acceptors (Lipinski definition) is 5. The van der Waals surface area contributed by atoms with Gasteiger partial charge in [0, 0.05) is 17.7 Å². The molecular weight excluding hydrogens is 477 g/mol. The Kier molecular flexibility index (Phi) is 7.75. The number of halogens is 3. The Morgan fingerprint density at radius 1 is 1.00 bits per heavy atom. The van der Waals surface area contributed by atoms with Gasteiger partial charge in [-0.1, -0.05) is 59.1 Å². The number of carbonyl (C=O) groups excluding carboxylic acids is 1. The number of benzene rings is 3. The molecule has 3 aromatic carbocycles. The lowest BCUT2D eigenvalue weighted by atomic mass is 10.1. The van der Waals surface area contributed by atoms with Gasteiger partial charge in [-0.15, -0.1) is 0 Å². The zero-order valence-electron chi connectivity index (χ0n) is 16.7. The fourth-order valence-electron chi connectivity index (χ4n) is 2.89. The van der Waals surface area contributed by atoms with Crippen LogP contribution in [0.1, 0.15) is 21.5 Å². The van der Waals surface area contributed by atoms with E-state index in [4.69, 9.17) is 44.3 Å². The van der Waals surface area contributed by atoms with Gasteiger partial charge in [0.2, 0.25) is 0 Å². The molecule has 9 heteroatoms. The number of ketones is 1. The fourth-order valence-corrected chi connectivity index (χ4v) is 3.48. The van der Waals surface area contributed by atoms with E-state index < -0.39 is 10.7 Å². The van der Waals surface area contributed by atoms with E-state index in [1.807, 2.05) is 0 Å². The van der Waals surface area contributed by atoms with E-state index in [2.05, 4.69) is 0 Å². The highest BCUT2D eigenvalue weighted by Gasteiger charge is 2.17. The third kappa shape index (κ3) is 5.59. The molecule has 6 nitrogen and oxygen atoms in total. The number of allylic oxidation sites excluding steroid dienone is 1. The number of carbonyl (C=O) groups is 1. The van der Waals surface area contributed by atoms with Crippen molar-refractivity contribution in [2.24, 2.45) is 0 Å². The topological polar surface area (TPSA) is 78.7 Å². The maximum absolute atomic E-state index is 12.5. The Labute approximate surface area is 199 Å². The second-order valence-corrected chi connectivity index (χ2v) is 7.75. The first-order valence-electron chi connectivity index (χ1n) is 9.20. The van der Waals surface area contributed by atoms with Gasteiger partial charge >= 0.3 is 0 Å². The molecule has 0 unspecified atom stereocenters. The number of rotatable bonds is 8. The van der Waals surface area contributed by atoms with Gasteiger partial charge in [0.15, 0.2) is 5.78 Å². The lowest BCUT2D eigenvalue weighted by Crippen LogP contribution is -2.01. The van der Waals surface area contributed by atoms with Crippen LogP contribution in [0.2, 0.25) is 15.1 Å². The van der Waals surface area contributed by atoms with Crippen molar-refractivity contribution in [1.29, 1.82) is 0 Å². The summed E-state index contributed by atoms with van der Waals surface area (Å²) in [6.07, 6.45) is 2.85. The molecule has 0 spiro atoms. The SMILES string of the molecule is COc1ccc(/C=C/C(=O)c2ccccc2[N+](=O)[O-])cc1COc1cc(Cl)c(Cl)cc1Cl. The molecule has 164 valence electrons. The zero-order valence-corrected chi connectivity index (χ0v) is 18.9. The van der Waals surface area contributed by atoms with Gasteiger partial charge in [-0.3, -0.25) is 14.9 Å². The van der Waals surface area contributed by atoms with E-state index in [-0.39, 0.29) is 17.9 Å². The summed E-state index contributed by atoms with van der Waals surface area (Å²) in [5.41, 5.74) is 1.14. The average Bonchev–Trinajstić information content (AvgIpc) is 2.79. The van der Waals surface area contributed by atoms with Crippen molar-refractivity contribution in [3.8, 4) is 11.5 Å². The Hall–Kier alpha value is -3.06. The molecule has 3 aromatic rings. The highest BCUT2D eigenvalue weighted by Crippen LogP contribution is 2.35. The minimum atomic E-state index is -0.585. The van der Waals surface area contributed by atoms with Crippen molar-refractivity contribution < 1.29 is 19.2 Å². The van der Waals surface area contributed by atoms with Crippen LogP contribution in [0.3, 0.4) is 0 Å². The first-order chi connectivity index (χ1) is 15.3. The van der Waals surface area contributed by atoms with Gasteiger partial charge in [-0.2, -0.15) is 0 Å². The monoisotopic (exact) mass is 491 g/mol. The number of nitro benzene ring substituents is 1. The molecule has 0 heterocycles. The summed E-state index contributed by atoms with van der Waals surface area (Å²) in [6, 6.07) is 14.0. The van der Waals surface area contributed by atoms with Crippen molar-refractivity contribution in [1.82, 2.24) is 0 Å². The highest BCUT2D eigenvalue weighted by atomic mass is 35.5. The Balaban J connectivity index is 1.81. The number of nitrogens with zero attached hydrogens (tertiary/aromatic N) is 1. The van der Waals surface area contributed by atoms with E-state index >= 15 is 0 Å². The standard InChI is InChI=1S/C23H16Cl3NO5/c1-31-22-9-7-14(6-8-21(28)16-4-2-3-5-20(16)27(29)30)10-15(22)13-32-23-12-18(25)17(24)11-19(23)26/h2-12H,13H2,1H3/b8-6+. The molecular formula is C23H16Cl3NO5. The van der Waals surface area contributed by atoms with Gasteiger partial charge in [0.25, 0.3) is 5.69 Å². The summed E-state index contributed by atoms with van der Waals surface area (Å²) < 4.78 is 11.1. The van der Waals surface area contributed by atoms with Crippen LogP contribution in [0.25, 0.3) is 6.08 Å². The maximum atomic E-state index is 12.5. The smallest absolute Gasteiger partial charge is 0.280 e. The summed E-state index contributed by atoms with van der Waals surface area (Å²) in [5.74, 6) is 0.451. The van der Waals surface area contributed by atoms with E-state index in [0.29, 0.717) is 37.7 Å². The number of hydrogen-bond donors (Lipinski definition) is 0. The number of ether oxygens (including phenoxy) is 2. The van der Waals surface area contributed by atoms with Crippen LogP contribution in [0.4, 0.5) is 5.69 Å². The van der Waals surface area contributed by atoms with Crippen LogP contribution < -0.4 is 9.47 Å². The molecule has 0 radical (unpaired) electrons. The lowest BCUT2D eigenvalue weighted by molar-refractivity contribution is -0.385. The molecule has 0 atom stereocenters. The average molecular weight is 493 g/mol. The van der Waals surface area contributed by atoms with Gasteiger partial charge in [0.05, 0.1) is 32.7 Å². The predicted molar refractivity (Wildman–Crippen MR) is 125 cm³/mol. The quantitative estimate of drug-likeness (QED) is 0.111. The predicted octanol–water partition coefficient (Wildman–Crippen LogP) is 7.04. The third-order valence-electron chi connectivity index (χ3n) is 4.46. The highest BCUT2D eigenvalue weighted by molar-refractivity contribution is 6.43. The molecule has 0 saturated heterocycles. The van der Waals surface area contributed by atoms with Crippen LogP contribution in [-0.2, 0) is 6.61 Å².